The third kappa shape index (κ3) is 2.22. The highest BCUT2D eigenvalue weighted by atomic mass is 16.6. The van der Waals surface area contributed by atoms with Gasteiger partial charge in [0.25, 0.3) is 0 Å². The first kappa shape index (κ1) is 12.2. The lowest BCUT2D eigenvalue weighted by atomic mass is 10.2. The quantitative estimate of drug-likeness (QED) is 0.900. The normalized spacial score (nSPS) is 10.3. The molecule has 1 amide bonds. The van der Waals surface area contributed by atoms with Crippen molar-refractivity contribution in [2.45, 2.75) is 6.92 Å². The van der Waals surface area contributed by atoms with E-state index in [1.807, 2.05) is 25.3 Å². The van der Waals surface area contributed by atoms with Crippen molar-refractivity contribution in [1.29, 1.82) is 0 Å². The van der Waals surface area contributed by atoms with Gasteiger partial charge in [-0.1, -0.05) is 12.7 Å². The van der Waals surface area contributed by atoms with E-state index in [0.29, 0.717) is 12.3 Å². The van der Waals surface area contributed by atoms with Gasteiger partial charge in [-0.05, 0) is 24.6 Å². The summed E-state index contributed by atoms with van der Waals surface area (Å²) in [5.41, 5.74) is 1.96. The first-order valence-electron chi connectivity index (χ1n) is 5.82. The third-order valence-corrected chi connectivity index (χ3v) is 2.90. The van der Waals surface area contributed by atoms with Crippen molar-refractivity contribution in [3.63, 3.8) is 0 Å². The van der Waals surface area contributed by atoms with Gasteiger partial charge in [0, 0.05) is 36.8 Å². The van der Waals surface area contributed by atoms with Crippen LogP contribution in [-0.4, -0.2) is 29.6 Å². The zero-order chi connectivity index (χ0) is 13.1. The van der Waals surface area contributed by atoms with Gasteiger partial charge >= 0.3 is 6.09 Å². The van der Waals surface area contributed by atoms with E-state index in [1.165, 1.54) is 4.90 Å². The first-order valence-corrected chi connectivity index (χ1v) is 5.82. The molecule has 0 aliphatic carbocycles. The van der Waals surface area contributed by atoms with E-state index in [0.717, 1.165) is 16.5 Å². The van der Waals surface area contributed by atoms with E-state index in [9.17, 15) is 4.79 Å². The second-order valence-corrected chi connectivity index (χ2v) is 4.04. The van der Waals surface area contributed by atoms with Crippen LogP contribution in [0.25, 0.3) is 17.0 Å². The number of aromatic nitrogens is 1. The lowest BCUT2D eigenvalue weighted by Crippen LogP contribution is -2.29. The largest absolute Gasteiger partial charge is 0.414 e. The molecular formula is C14H16N2O2. The van der Waals surface area contributed by atoms with Crippen molar-refractivity contribution in [1.82, 2.24) is 9.88 Å². The molecule has 4 nitrogen and oxygen atoms in total. The minimum atomic E-state index is -0.354. The Bertz CT molecular complexity index is 586. The molecule has 0 aliphatic heterocycles. The fourth-order valence-corrected chi connectivity index (χ4v) is 1.67. The van der Waals surface area contributed by atoms with E-state index < -0.39 is 0 Å². The van der Waals surface area contributed by atoms with Crippen LogP contribution in [0, 0.1) is 0 Å². The molecule has 2 rings (SSSR count). The SMILES string of the molecule is C=Cc1c[nH]c2cc(OC(=O)N(C)CC)ccc12. The predicted molar refractivity (Wildman–Crippen MR) is 72.7 cm³/mol. The zero-order valence-corrected chi connectivity index (χ0v) is 10.6. The van der Waals surface area contributed by atoms with Crippen LogP contribution in [-0.2, 0) is 0 Å². The molecule has 0 spiro atoms. The lowest BCUT2D eigenvalue weighted by molar-refractivity contribution is 0.165. The maximum Gasteiger partial charge on any atom is 0.414 e. The number of amides is 1. The molecule has 0 radical (unpaired) electrons. The van der Waals surface area contributed by atoms with Gasteiger partial charge in [-0.2, -0.15) is 0 Å². The number of nitrogens with zero attached hydrogens (tertiary/aromatic N) is 1. The topological polar surface area (TPSA) is 45.3 Å². The van der Waals surface area contributed by atoms with Crippen LogP contribution >= 0.6 is 0 Å². The highest BCUT2D eigenvalue weighted by Crippen LogP contribution is 2.24. The van der Waals surface area contributed by atoms with Gasteiger partial charge in [0.15, 0.2) is 0 Å². The van der Waals surface area contributed by atoms with Crippen molar-refractivity contribution in [2.75, 3.05) is 13.6 Å². The van der Waals surface area contributed by atoms with Gasteiger partial charge in [0.05, 0.1) is 0 Å². The zero-order valence-electron chi connectivity index (χ0n) is 10.6. The number of carbonyl (C=O) groups is 1. The number of benzene rings is 1. The second-order valence-electron chi connectivity index (χ2n) is 4.04. The molecule has 4 heteroatoms. The number of aromatic amines is 1. The maximum absolute atomic E-state index is 11.6. The Morgan fingerprint density at radius 1 is 1.56 bits per heavy atom. The Morgan fingerprint density at radius 3 is 3.00 bits per heavy atom. The third-order valence-electron chi connectivity index (χ3n) is 2.90. The van der Waals surface area contributed by atoms with Crippen LogP contribution in [0.2, 0.25) is 0 Å². The predicted octanol–water partition coefficient (Wildman–Crippen LogP) is 3.26. The molecule has 18 heavy (non-hydrogen) atoms. The first-order chi connectivity index (χ1) is 8.65. The van der Waals surface area contributed by atoms with Gasteiger partial charge in [-0.15, -0.1) is 0 Å². The summed E-state index contributed by atoms with van der Waals surface area (Å²) in [7, 11) is 1.70. The van der Waals surface area contributed by atoms with Gasteiger partial charge in [-0.25, -0.2) is 4.79 Å². The number of hydrogen-bond acceptors (Lipinski definition) is 2. The van der Waals surface area contributed by atoms with Crippen molar-refractivity contribution in [2.24, 2.45) is 0 Å². The number of nitrogens with one attached hydrogen (secondary N) is 1. The average molecular weight is 244 g/mol. The molecule has 0 fully saturated rings. The Balaban J connectivity index is 2.25. The van der Waals surface area contributed by atoms with Crippen LogP contribution in [0.15, 0.2) is 31.0 Å². The summed E-state index contributed by atoms with van der Waals surface area (Å²) in [5.74, 6) is 0.533. The Labute approximate surface area is 106 Å². The fourth-order valence-electron chi connectivity index (χ4n) is 1.67. The van der Waals surface area contributed by atoms with Crippen molar-refractivity contribution in [3.8, 4) is 5.75 Å². The van der Waals surface area contributed by atoms with Gasteiger partial charge < -0.3 is 14.6 Å². The second kappa shape index (κ2) is 4.96. The van der Waals surface area contributed by atoms with Gasteiger partial charge in [0.1, 0.15) is 5.75 Å². The number of carbonyl (C=O) groups excluding carboxylic acids is 1. The molecule has 0 saturated heterocycles. The Kier molecular flexibility index (Phi) is 3.37. The average Bonchev–Trinajstić information content (AvgIpc) is 2.79. The molecule has 1 aromatic carbocycles. The summed E-state index contributed by atoms with van der Waals surface area (Å²) in [6.45, 7) is 6.26. The monoisotopic (exact) mass is 244 g/mol. The highest BCUT2D eigenvalue weighted by Gasteiger charge is 2.10. The number of hydrogen-bond donors (Lipinski definition) is 1. The molecule has 0 aliphatic rings. The molecule has 1 aromatic heterocycles. The Morgan fingerprint density at radius 2 is 2.33 bits per heavy atom. The summed E-state index contributed by atoms with van der Waals surface area (Å²) < 4.78 is 5.26. The molecule has 0 saturated carbocycles. The standard InChI is InChI=1S/C14H16N2O2/c1-4-10-9-15-13-8-11(6-7-12(10)13)18-14(17)16(3)5-2/h4,6-9,15H,1,5H2,2-3H3. The molecule has 0 atom stereocenters. The summed E-state index contributed by atoms with van der Waals surface area (Å²) in [5, 5.41) is 1.06. The van der Waals surface area contributed by atoms with Crippen molar-refractivity contribution < 1.29 is 9.53 Å². The van der Waals surface area contributed by atoms with E-state index in [4.69, 9.17) is 4.74 Å². The van der Waals surface area contributed by atoms with Crippen molar-refractivity contribution in [3.05, 3.63) is 36.5 Å². The molecule has 1 N–H and O–H groups in total. The molecule has 0 unspecified atom stereocenters. The minimum Gasteiger partial charge on any atom is -0.410 e. The maximum atomic E-state index is 11.6. The van der Waals surface area contributed by atoms with Gasteiger partial charge in [-0.3, -0.25) is 0 Å². The molecule has 2 aromatic rings. The van der Waals surface area contributed by atoms with Crippen LogP contribution in [0.3, 0.4) is 0 Å². The van der Waals surface area contributed by atoms with E-state index >= 15 is 0 Å². The molecule has 0 bridgehead atoms. The highest BCUT2D eigenvalue weighted by molar-refractivity contribution is 5.89. The van der Waals surface area contributed by atoms with Crippen LogP contribution < -0.4 is 4.74 Å². The van der Waals surface area contributed by atoms with Crippen LogP contribution in [0.1, 0.15) is 12.5 Å². The van der Waals surface area contributed by atoms with Crippen LogP contribution in [0.4, 0.5) is 4.79 Å². The van der Waals surface area contributed by atoms with E-state index in [2.05, 4.69) is 11.6 Å². The molecule has 1 heterocycles. The molecular weight excluding hydrogens is 228 g/mol. The summed E-state index contributed by atoms with van der Waals surface area (Å²) in [6.07, 6.45) is 3.31. The van der Waals surface area contributed by atoms with E-state index in [1.54, 1.807) is 19.2 Å². The van der Waals surface area contributed by atoms with E-state index in [-0.39, 0.29) is 6.09 Å². The van der Waals surface area contributed by atoms with Crippen molar-refractivity contribution >= 4 is 23.1 Å². The number of H-pyrrole nitrogens is 1. The molecule has 94 valence electrons. The fraction of sp³-hybridized carbons (Fsp3) is 0.214. The van der Waals surface area contributed by atoms with Crippen LogP contribution in [0.5, 0.6) is 5.75 Å². The number of ether oxygens (including phenoxy) is 1. The summed E-state index contributed by atoms with van der Waals surface area (Å²) in [6, 6.07) is 5.51. The summed E-state index contributed by atoms with van der Waals surface area (Å²) >= 11 is 0. The lowest BCUT2D eigenvalue weighted by Gasteiger charge is -2.14. The summed E-state index contributed by atoms with van der Waals surface area (Å²) in [4.78, 5) is 16.2. The number of rotatable bonds is 3. The smallest absolute Gasteiger partial charge is 0.410 e. The Hall–Kier alpha value is -2.23. The minimum absolute atomic E-state index is 0.354. The van der Waals surface area contributed by atoms with Gasteiger partial charge in [0.2, 0.25) is 0 Å². The number of fused-ring (bicyclic) bond motifs is 1.